The van der Waals surface area contributed by atoms with Crippen LogP contribution in [-0.2, 0) is 14.3 Å². The van der Waals surface area contributed by atoms with Gasteiger partial charge in [0, 0.05) is 21.8 Å². The summed E-state index contributed by atoms with van der Waals surface area (Å²) < 4.78 is 5.42. The summed E-state index contributed by atoms with van der Waals surface area (Å²) in [6.07, 6.45) is -1.20. The third-order valence-electron chi connectivity index (χ3n) is 5.31. The molecular formula is C25H18ClNO5. The van der Waals surface area contributed by atoms with E-state index in [0.29, 0.717) is 21.8 Å². The minimum atomic E-state index is -1.53. The summed E-state index contributed by atoms with van der Waals surface area (Å²) in [7, 11) is 0. The number of cyclic esters (lactones) is 1. The van der Waals surface area contributed by atoms with Gasteiger partial charge in [-0.25, -0.2) is 4.79 Å². The molecule has 1 aliphatic rings. The van der Waals surface area contributed by atoms with Gasteiger partial charge in [0.1, 0.15) is 12.0 Å². The zero-order valence-corrected chi connectivity index (χ0v) is 17.8. The Kier molecular flexibility index (Phi) is 5.88. The Morgan fingerprint density at radius 2 is 1.66 bits per heavy atom. The molecule has 0 saturated heterocycles. The molecule has 32 heavy (non-hydrogen) atoms. The van der Waals surface area contributed by atoms with Crippen molar-refractivity contribution >= 4 is 40.7 Å². The van der Waals surface area contributed by atoms with E-state index in [2.05, 4.69) is 5.32 Å². The van der Waals surface area contributed by atoms with Crippen molar-refractivity contribution in [1.29, 1.82) is 0 Å². The summed E-state index contributed by atoms with van der Waals surface area (Å²) in [4.78, 5) is 51.9. The van der Waals surface area contributed by atoms with Crippen molar-refractivity contribution in [2.75, 3.05) is 5.32 Å². The number of hydrogen-bond donors (Lipinski definition) is 1. The SMILES string of the molecule is Cc1cc(Cl)ccc1NC(=O)C(=O)[C@H](C(=O)c1ccccc1)[C@H]1OC(=O)c2ccccc21. The molecule has 0 aliphatic carbocycles. The fourth-order valence-corrected chi connectivity index (χ4v) is 3.92. The number of fused-ring (bicyclic) bond motifs is 1. The lowest BCUT2D eigenvalue weighted by Gasteiger charge is -2.21. The summed E-state index contributed by atoms with van der Waals surface area (Å²) in [6.45, 7) is 1.73. The summed E-state index contributed by atoms with van der Waals surface area (Å²) in [5.74, 6) is -4.75. The molecular weight excluding hydrogens is 430 g/mol. The van der Waals surface area contributed by atoms with E-state index in [0.717, 1.165) is 0 Å². The summed E-state index contributed by atoms with van der Waals surface area (Å²) >= 11 is 5.95. The zero-order valence-electron chi connectivity index (χ0n) is 17.0. The van der Waals surface area contributed by atoms with Crippen molar-refractivity contribution in [1.82, 2.24) is 0 Å². The Balaban J connectivity index is 1.71. The lowest BCUT2D eigenvalue weighted by molar-refractivity contribution is -0.138. The Morgan fingerprint density at radius 1 is 0.969 bits per heavy atom. The van der Waals surface area contributed by atoms with E-state index in [1.54, 1.807) is 79.7 Å². The molecule has 2 atom stereocenters. The molecule has 3 aromatic carbocycles. The number of amides is 1. The van der Waals surface area contributed by atoms with E-state index in [4.69, 9.17) is 16.3 Å². The lowest BCUT2D eigenvalue weighted by Crippen LogP contribution is -2.38. The number of carbonyl (C=O) groups is 4. The van der Waals surface area contributed by atoms with Crippen LogP contribution in [0.4, 0.5) is 5.69 Å². The van der Waals surface area contributed by atoms with Crippen molar-refractivity contribution < 1.29 is 23.9 Å². The monoisotopic (exact) mass is 447 g/mol. The van der Waals surface area contributed by atoms with Crippen LogP contribution in [0.2, 0.25) is 5.02 Å². The number of nitrogens with one attached hydrogen (secondary N) is 1. The molecule has 4 rings (SSSR count). The molecule has 160 valence electrons. The Morgan fingerprint density at radius 3 is 2.38 bits per heavy atom. The van der Waals surface area contributed by atoms with Gasteiger partial charge in [-0.2, -0.15) is 0 Å². The van der Waals surface area contributed by atoms with Crippen molar-refractivity contribution in [3.63, 3.8) is 0 Å². The molecule has 0 unspecified atom stereocenters. The van der Waals surface area contributed by atoms with Crippen LogP contribution in [0.1, 0.15) is 37.9 Å². The first-order chi connectivity index (χ1) is 15.4. The van der Waals surface area contributed by atoms with Crippen LogP contribution in [-0.4, -0.2) is 23.4 Å². The first kappa shape index (κ1) is 21.5. The molecule has 0 saturated carbocycles. The molecule has 1 aliphatic heterocycles. The van der Waals surface area contributed by atoms with Crippen molar-refractivity contribution in [2.45, 2.75) is 13.0 Å². The number of hydrogen-bond acceptors (Lipinski definition) is 5. The molecule has 0 aromatic heterocycles. The van der Waals surface area contributed by atoms with E-state index >= 15 is 0 Å². The van der Waals surface area contributed by atoms with Crippen molar-refractivity contribution in [3.05, 3.63) is 100 Å². The molecule has 0 radical (unpaired) electrons. The predicted octanol–water partition coefficient (Wildman–Crippen LogP) is 4.57. The number of ketones is 2. The predicted molar refractivity (Wildman–Crippen MR) is 119 cm³/mol. The molecule has 0 bridgehead atoms. The van der Waals surface area contributed by atoms with Gasteiger partial charge in [0.25, 0.3) is 5.91 Å². The van der Waals surface area contributed by atoms with E-state index in [9.17, 15) is 19.2 Å². The summed E-state index contributed by atoms with van der Waals surface area (Å²) in [6, 6.07) is 19.4. The number of carbonyl (C=O) groups excluding carboxylic acids is 4. The highest BCUT2D eigenvalue weighted by Gasteiger charge is 2.46. The van der Waals surface area contributed by atoms with Gasteiger partial charge in [0.15, 0.2) is 5.78 Å². The first-order valence-electron chi connectivity index (χ1n) is 9.87. The van der Waals surface area contributed by atoms with Crippen LogP contribution in [0, 0.1) is 12.8 Å². The van der Waals surface area contributed by atoms with E-state index < -0.39 is 35.5 Å². The van der Waals surface area contributed by atoms with Crippen molar-refractivity contribution in [3.8, 4) is 0 Å². The second kappa shape index (κ2) is 8.77. The van der Waals surface area contributed by atoms with Gasteiger partial charge < -0.3 is 10.1 Å². The number of anilines is 1. The fraction of sp³-hybridized carbons (Fsp3) is 0.120. The zero-order chi connectivity index (χ0) is 22.8. The van der Waals surface area contributed by atoms with Crippen LogP contribution in [0.3, 0.4) is 0 Å². The standard InChI is InChI=1S/C25H18ClNO5/c1-14-13-16(26)11-12-19(14)27-24(30)22(29)20(21(28)15-7-3-2-4-8-15)23-17-9-5-6-10-18(17)25(31)32-23/h2-13,20,23H,1H3,(H,27,30)/t20-,23-/m0/s1. The third kappa shape index (κ3) is 4.05. The van der Waals surface area contributed by atoms with Crippen LogP contribution in [0.25, 0.3) is 0 Å². The average molecular weight is 448 g/mol. The first-order valence-corrected chi connectivity index (χ1v) is 10.2. The second-order valence-corrected chi connectivity index (χ2v) is 7.84. The van der Waals surface area contributed by atoms with Crippen LogP contribution in [0.5, 0.6) is 0 Å². The maximum Gasteiger partial charge on any atom is 0.339 e. The number of esters is 1. The fourth-order valence-electron chi connectivity index (χ4n) is 3.69. The van der Waals surface area contributed by atoms with Crippen LogP contribution >= 0.6 is 11.6 Å². The number of ether oxygens (including phenoxy) is 1. The van der Waals surface area contributed by atoms with Gasteiger partial charge in [-0.3, -0.25) is 14.4 Å². The average Bonchev–Trinajstić information content (AvgIpc) is 3.12. The number of rotatable bonds is 6. The molecule has 0 fully saturated rings. The molecule has 6 nitrogen and oxygen atoms in total. The van der Waals surface area contributed by atoms with Gasteiger partial charge in [-0.1, -0.05) is 60.1 Å². The third-order valence-corrected chi connectivity index (χ3v) is 5.54. The largest absolute Gasteiger partial charge is 0.453 e. The van der Waals surface area contributed by atoms with E-state index in [-0.39, 0.29) is 11.1 Å². The lowest BCUT2D eigenvalue weighted by atomic mass is 9.84. The Bertz CT molecular complexity index is 1240. The molecule has 7 heteroatoms. The highest BCUT2D eigenvalue weighted by atomic mass is 35.5. The topological polar surface area (TPSA) is 89.5 Å². The highest BCUT2D eigenvalue weighted by molar-refractivity contribution is 6.45. The minimum Gasteiger partial charge on any atom is -0.453 e. The normalized spacial score (nSPS) is 15.4. The van der Waals surface area contributed by atoms with Gasteiger partial charge >= 0.3 is 5.97 Å². The number of aryl methyl sites for hydroxylation is 1. The maximum absolute atomic E-state index is 13.3. The number of Topliss-reactive ketones (excluding diaryl/α,β-unsaturated/α-hetero) is 2. The van der Waals surface area contributed by atoms with E-state index in [1.165, 1.54) is 0 Å². The molecule has 1 heterocycles. The van der Waals surface area contributed by atoms with Gasteiger partial charge in [0.05, 0.1) is 5.56 Å². The van der Waals surface area contributed by atoms with Gasteiger partial charge in [-0.05, 0) is 36.8 Å². The van der Waals surface area contributed by atoms with Gasteiger partial charge in [-0.15, -0.1) is 0 Å². The van der Waals surface area contributed by atoms with E-state index in [1.807, 2.05) is 0 Å². The molecule has 3 aromatic rings. The minimum absolute atomic E-state index is 0.238. The smallest absolute Gasteiger partial charge is 0.339 e. The maximum atomic E-state index is 13.3. The number of benzene rings is 3. The molecule has 1 N–H and O–H groups in total. The number of halogens is 1. The van der Waals surface area contributed by atoms with Crippen molar-refractivity contribution in [2.24, 2.45) is 5.92 Å². The van der Waals surface area contributed by atoms with Crippen LogP contribution < -0.4 is 5.32 Å². The molecule has 1 amide bonds. The highest BCUT2D eigenvalue weighted by Crippen LogP contribution is 2.38. The van der Waals surface area contributed by atoms with Crippen LogP contribution in [0.15, 0.2) is 72.8 Å². The summed E-state index contributed by atoms with van der Waals surface area (Å²) in [5.41, 5.74) is 1.95. The Labute approximate surface area is 189 Å². The second-order valence-electron chi connectivity index (χ2n) is 7.40. The summed E-state index contributed by atoms with van der Waals surface area (Å²) in [5, 5.41) is 3.03. The van der Waals surface area contributed by atoms with Gasteiger partial charge in [0.2, 0.25) is 5.78 Å². The Hall–Kier alpha value is -3.77. The quantitative estimate of drug-likeness (QED) is 0.259. The molecule has 0 spiro atoms.